The highest BCUT2D eigenvalue weighted by Crippen LogP contribution is 2.33. The Morgan fingerprint density at radius 3 is 2.58 bits per heavy atom. The van der Waals surface area contributed by atoms with Crippen LogP contribution in [0.25, 0.3) is 21.9 Å². The minimum atomic E-state index is -0.108. The summed E-state index contributed by atoms with van der Waals surface area (Å²) < 4.78 is 11.8. The average Bonchev–Trinajstić information content (AvgIpc) is 3.25. The van der Waals surface area contributed by atoms with E-state index in [4.69, 9.17) is 19.7 Å². The second-order valence-electron chi connectivity index (χ2n) is 6.60. The van der Waals surface area contributed by atoms with Gasteiger partial charge in [0.25, 0.3) is 0 Å². The largest absolute Gasteiger partial charge is 0.493 e. The molecule has 4 aromatic rings. The van der Waals surface area contributed by atoms with Gasteiger partial charge in [-0.15, -0.1) is 11.3 Å². The molecule has 152 valence electrons. The highest BCUT2D eigenvalue weighted by molar-refractivity contribution is 7.20. The van der Waals surface area contributed by atoms with E-state index in [1.54, 1.807) is 24.3 Å². The summed E-state index contributed by atoms with van der Waals surface area (Å²) in [5, 5.41) is 9.40. The Hall–Kier alpha value is -3.95. The number of para-hydroxylation sites is 1. The molecule has 0 fully saturated rings. The summed E-state index contributed by atoms with van der Waals surface area (Å²) in [5.41, 5.74) is 2.71. The Kier molecular flexibility index (Phi) is 6.06. The molecule has 1 heterocycles. The van der Waals surface area contributed by atoms with Crippen LogP contribution in [0.4, 0.5) is 0 Å². The number of aromatic nitrogens is 1. The molecule has 0 aliphatic carbocycles. The van der Waals surface area contributed by atoms with Crippen LogP contribution in [0.3, 0.4) is 0 Å². The van der Waals surface area contributed by atoms with Gasteiger partial charge in [-0.05, 0) is 35.9 Å². The van der Waals surface area contributed by atoms with Crippen molar-refractivity contribution < 1.29 is 14.3 Å². The van der Waals surface area contributed by atoms with Crippen LogP contribution >= 0.6 is 11.3 Å². The number of ketones is 1. The van der Waals surface area contributed by atoms with Crippen LogP contribution in [-0.2, 0) is 0 Å². The normalized spacial score (nSPS) is 11.2. The minimum Gasteiger partial charge on any atom is -0.493 e. The van der Waals surface area contributed by atoms with E-state index < -0.39 is 0 Å². The van der Waals surface area contributed by atoms with E-state index in [1.807, 2.05) is 60.7 Å². The van der Waals surface area contributed by atoms with Crippen molar-refractivity contribution in [3.05, 3.63) is 88.9 Å². The van der Waals surface area contributed by atoms with Crippen molar-refractivity contribution in [2.45, 2.75) is 0 Å². The zero-order valence-electron chi connectivity index (χ0n) is 16.7. The maximum atomic E-state index is 13.4. The molecule has 3 aromatic carbocycles. The molecule has 0 saturated carbocycles. The molecule has 0 atom stereocenters. The van der Waals surface area contributed by atoms with Crippen LogP contribution in [0.5, 0.6) is 11.5 Å². The van der Waals surface area contributed by atoms with Crippen molar-refractivity contribution in [3.8, 4) is 17.6 Å². The smallest absolute Gasteiger partial charge is 0.196 e. The van der Waals surface area contributed by atoms with Gasteiger partial charge in [0, 0.05) is 5.56 Å². The number of ether oxygens (including phenoxy) is 2. The van der Waals surface area contributed by atoms with Crippen LogP contribution in [0.1, 0.15) is 20.9 Å². The van der Waals surface area contributed by atoms with Gasteiger partial charge in [0.15, 0.2) is 23.9 Å². The van der Waals surface area contributed by atoms with Crippen LogP contribution in [-0.4, -0.2) is 24.5 Å². The summed E-state index contributed by atoms with van der Waals surface area (Å²) in [6.07, 6.45) is 1.81. The molecule has 6 heteroatoms. The number of methoxy groups -OCH3 is 1. The molecule has 0 unspecified atom stereocenters. The first kappa shape index (κ1) is 20.3. The minimum absolute atomic E-state index is 0.0744. The van der Waals surface area contributed by atoms with Crippen molar-refractivity contribution in [1.82, 2.24) is 4.98 Å². The Balaban J connectivity index is 1.81. The molecule has 0 radical (unpaired) electrons. The molecule has 0 spiro atoms. The Morgan fingerprint density at radius 2 is 1.84 bits per heavy atom. The molecule has 4 rings (SSSR count). The van der Waals surface area contributed by atoms with Gasteiger partial charge in [-0.1, -0.05) is 48.5 Å². The third kappa shape index (κ3) is 4.47. The van der Waals surface area contributed by atoms with Gasteiger partial charge in [0.2, 0.25) is 0 Å². The number of nitrogens with zero attached hydrogens (tertiary/aromatic N) is 2. The number of carbonyl (C=O) groups excluding carboxylic acids is 1. The first-order valence-corrected chi connectivity index (χ1v) is 10.4. The molecule has 1 aromatic heterocycles. The van der Waals surface area contributed by atoms with Gasteiger partial charge >= 0.3 is 0 Å². The van der Waals surface area contributed by atoms with Gasteiger partial charge in [0.05, 0.1) is 22.9 Å². The Morgan fingerprint density at radius 1 is 1.06 bits per heavy atom. The number of carbonyl (C=O) groups is 1. The predicted octanol–water partition coefficient (Wildman–Crippen LogP) is 5.63. The lowest BCUT2D eigenvalue weighted by Gasteiger charge is -2.10. The highest BCUT2D eigenvalue weighted by Gasteiger charge is 2.19. The topological polar surface area (TPSA) is 72.2 Å². The number of benzene rings is 3. The number of rotatable bonds is 7. The van der Waals surface area contributed by atoms with Crippen molar-refractivity contribution >= 4 is 39.0 Å². The number of hydrogen-bond donors (Lipinski definition) is 0. The predicted molar refractivity (Wildman–Crippen MR) is 122 cm³/mol. The summed E-state index contributed by atoms with van der Waals surface area (Å²) >= 11 is 1.48. The quantitative estimate of drug-likeness (QED) is 0.283. The second-order valence-corrected chi connectivity index (χ2v) is 7.63. The number of fused-ring (bicyclic) bond motifs is 1. The fourth-order valence-electron chi connectivity index (χ4n) is 3.13. The monoisotopic (exact) mass is 426 g/mol. The third-order valence-corrected chi connectivity index (χ3v) is 5.67. The summed E-state index contributed by atoms with van der Waals surface area (Å²) in [7, 11) is 1.53. The van der Waals surface area contributed by atoms with E-state index in [9.17, 15) is 4.79 Å². The first-order valence-electron chi connectivity index (χ1n) is 9.55. The molecule has 0 N–H and O–H groups in total. The van der Waals surface area contributed by atoms with Crippen molar-refractivity contribution in [2.75, 3.05) is 13.7 Å². The van der Waals surface area contributed by atoms with E-state index in [-0.39, 0.29) is 12.4 Å². The summed E-state index contributed by atoms with van der Waals surface area (Å²) in [5.74, 6) is 0.848. The van der Waals surface area contributed by atoms with Gasteiger partial charge in [-0.25, -0.2) is 4.98 Å². The molecule has 0 aliphatic heterocycles. The van der Waals surface area contributed by atoms with Crippen molar-refractivity contribution in [3.63, 3.8) is 0 Å². The maximum Gasteiger partial charge on any atom is 0.196 e. The third-order valence-electron chi connectivity index (χ3n) is 4.60. The maximum absolute atomic E-state index is 13.4. The van der Waals surface area contributed by atoms with Gasteiger partial charge in [0.1, 0.15) is 11.1 Å². The van der Waals surface area contributed by atoms with E-state index in [2.05, 4.69) is 0 Å². The van der Waals surface area contributed by atoms with Gasteiger partial charge in [-0.2, -0.15) is 5.26 Å². The number of Topliss-reactive ketones (excluding diaryl/α,β-unsaturated/α-hetero) is 1. The van der Waals surface area contributed by atoms with Crippen LogP contribution in [0.2, 0.25) is 0 Å². The van der Waals surface area contributed by atoms with Crippen molar-refractivity contribution in [1.29, 1.82) is 5.26 Å². The van der Waals surface area contributed by atoms with Crippen molar-refractivity contribution in [2.24, 2.45) is 0 Å². The molecule has 31 heavy (non-hydrogen) atoms. The second kappa shape index (κ2) is 9.24. The zero-order valence-corrected chi connectivity index (χ0v) is 17.6. The summed E-state index contributed by atoms with van der Waals surface area (Å²) in [4.78, 5) is 18.1. The number of allylic oxidation sites excluding steroid dienone is 1. The van der Waals surface area contributed by atoms with Crippen LogP contribution < -0.4 is 9.47 Å². The standard InChI is InChI=1S/C25H18N2O3S/c1-29-22-16-17(11-12-21(22)30-14-13-26)15-19(24(28)18-7-3-2-4-8-18)25-27-20-9-5-6-10-23(20)31-25/h2-12,15-16H,14H2,1H3. The molecular weight excluding hydrogens is 408 g/mol. The number of nitriles is 1. The van der Waals surface area contributed by atoms with Gasteiger partial charge in [-0.3, -0.25) is 4.79 Å². The highest BCUT2D eigenvalue weighted by atomic mass is 32.1. The Labute approximate surface area is 183 Å². The number of hydrogen-bond acceptors (Lipinski definition) is 6. The Bertz CT molecular complexity index is 1270. The lowest BCUT2D eigenvalue weighted by molar-refractivity contribution is 0.105. The molecule has 0 bridgehead atoms. The fraction of sp³-hybridized carbons (Fsp3) is 0.0800. The van der Waals surface area contributed by atoms with Crippen LogP contribution in [0.15, 0.2) is 72.8 Å². The summed E-state index contributed by atoms with van der Waals surface area (Å²) in [6.45, 7) is -0.0744. The van der Waals surface area contributed by atoms with E-state index in [0.29, 0.717) is 27.6 Å². The molecule has 5 nitrogen and oxygen atoms in total. The SMILES string of the molecule is COc1cc(C=C(C(=O)c2ccccc2)c2nc3ccccc3s2)ccc1OCC#N. The molecular formula is C25H18N2O3S. The fourth-order valence-corrected chi connectivity index (χ4v) is 4.11. The number of thiazole rings is 1. The molecule has 0 amide bonds. The van der Waals surface area contributed by atoms with Crippen LogP contribution in [0, 0.1) is 11.3 Å². The lowest BCUT2D eigenvalue weighted by atomic mass is 10.0. The van der Waals surface area contributed by atoms with E-state index >= 15 is 0 Å². The first-order chi connectivity index (χ1) is 15.2. The lowest BCUT2D eigenvalue weighted by Crippen LogP contribution is -2.02. The average molecular weight is 426 g/mol. The molecule has 0 aliphatic rings. The van der Waals surface area contributed by atoms with E-state index in [1.165, 1.54) is 18.4 Å². The van der Waals surface area contributed by atoms with E-state index in [0.717, 1.165) is 15.8 Å². The summed E-state index contributed by atoms with van der Waals surface area (Å²) in [6, 6.07) is 24.2. The molecule has 0 saturated heterocycles. The van der Waals surface area contributed by atoms with Gasteiger partial charge < -0.3 is 9.47 Å². The zero-order chi connectivity index (χ0) is 21.6.